The third-order valence-electron chi connectivity index (χ3n) is 4.59. The zero-order chi connectivity index (χ0) is 15.8. The van der Waals surface area contributed by atoms with E-state index in [1.807, 2.05) is 4.90 Å². The predicted octanol–water partition coefficient (Wildman–Crippen LogP) is 1.77. The van der Waals surface area contributed by atoms with Crippen molar-refractivity contribution in [1.29, 1.82) is 0 Å². The Labute approximate surface area is 133 Å². The number of aromatic nitrogens is 3. The molecule has 0 bridgehead atoms. The Hall–Kier alpha value is -2.28. The van der Waals surface area contributed by atoms with Crippen molar-refractivity contribution in [2.75, 3.05) is 13.1 Å². The van der Waals surface area contributed by atoms with Crippen molar-refractivity contribution in [3.8, 4) is 0 Å². The first-order valence-corrected chi connectivity index (χ1v) is 7.85. The molecule has 2 fully saturated rings. The summed E-state index contributed by atoms with van der Waals surface area (Å²) in [6.07, 6.45) is 4.98. The van der Waals surface area contributed by atoms with Crippen LogP contribution in [0.4, 0.5) is 0 Å². The molecule has 2 saturated heterocycles. The summed E-state index contributed by atoms with van der Waals surface area (Å²) < 4.78 is 11.3. The smallest absolute Gasteiger partial charge is 0.255 e. The molecular formula is C16H18N4O3. The van der Waals surface area contributed by atoms with Gasteiger partial charge in [0, 0.05) is 31.0 Å². The second kappa shape index (κ2) is 5.73. The molecule has 2 aromatic rings. The van der Waals surface area contributed by atoms with Crippen LogP contribution in [0.5, 0.6) is 0 Å². The number of nitrogens with zero attached hydrogens (tertiary/aromatic N) is 4. The van der Waals surface area contributed by atoms with E-state index in [1.165, 1.54) is 0 Å². The lowest BCUT2D eigenvalue weighted by Gasteiger charge is -2.34. The van der Waals surface area contributed by atoms with Gasteiger partial charge in [-0.1, -0.05) is 5.16 Å². The van der Waals surface area contributed by atoms with Crippen LogP contribution in [-0.4, -0.2) is 45.1 Å². The standard InChI is InChI=1S/C16H18N4O3/c1-10-18-15(23-19-10)13-8-12-4-7-20(9-14(12)22-13)16(21)11-2-5-17-6-3-11/h2-3,5-6,12-14H,4,7-9H2,1H3/t12-,13+,14+/m0/s1. The number of ether oxygens (including phenoxy) is 1. The van der Waals surface area contributed by atoms with Crippen LogP contribution in [-0.2, 0) is 4.74 Å². The molecule has 7 nitrogen and oxygen atoms in total. The second-order valence-corrected chi connectivity index (χ2v) is 6.11. The van der Waals surface area contributed by atoms with Gasteiger partial charge in [-0.05, 0) is 37.8 Å². The second-order valence-electron chi connectivity index (χ2n) is 6.11. The van der Waals surface area contributed by atoms with Gasteiger partial charge in [0.25, 0.3) is 11.8 Å². The van der Waals surface area contributed by atoms with E-state index in [-0.39, 0.29) is 18.1 Å². The van der Waals surface area contributed by atoms with E-state index in [1.54, 1.807) is 31.5 Å². The zero-order valence-electron chi connectivity index (χ0n) is 12.9. The van der Waals surface area contributed by atoms with Crippen LogP contribution in [0.3, 0.4) is 0 Å². The Bertz CT molecular complexity index is 702. The maximum Gasteiger partial charge on any atom is 0.255 e. The number of hydrogen-bond donors (Lipinski definition) is 0. The van der Waals surface area contributed by atoms with Gasteiger partial charge >= 0.3 is 0 Å². The molecule has 23 heavy (non-hydrogen) atoms. The van der Waals surface area contributed by atoms with Gasteiger partial charge in [0.15, 0.2) is 5.82 Å². The van der Waals surface area contributed by atoms with E-state index in [0.29, 0.717) is 29.7 Å². The summed E-state index contributed by atoms with van der Waals surface area (Å²) in [6, 6.07) is 3.49. The van der Waals surface area contributed by atoms with Crippen molar-refractivity contribution in [1.82, 2.24) is 20.0 Å². The number of fused-ring (bicyclic) bond motifs is 1. The lowest BCUT2D eigenvalue weighted by Crippen LogP contribution is -2.45. The van der Waals surface area contributed by atoms with Gasteiger partial charge in [0.05, 0.1) is 6.10 Å². The van der Waals surface area contributed by atoms with E-state index < -0.39 is 0 Å². The average molecular weight is 314 g/mol. The molecule has 2 aliphatic heterocycles. The van der Waals surface area contributed by atoms with Crippen molar-refractivity contribution in [3.63, 3.8) is 0 Å². The fourth-order valence-electron chi connectivity index (χ4n) is 3.39. The maximum absolute atomic E-state index is 12.5. The largest absolute Gasteiger partial charge is 0.363 e. The molecule has 7 heteroatoms. The number of amides is 1. The number of hydrogen-bond acceptors (Lipinski definition) is 6. The van der Waals surface area contributed by atoms with Gasteiger partial charge in [-0.15, -0.1) is 0 Å². The van der Waals surface area contributed by atoms with Gasteiger partial charge in [-0.25, -0.2) is 0 Å². The first kappa shape index (κ1) is 14.3. The van der Waals surface area contributed by atoms with Gasteiger partial charge in [0.1, 0.15) is 6.10 Å². The average Bonchev–Trinajstić information content (AvgIpc) is 3.20. The van der Waals surface area contributed by atoms with Crippen molar-refractivity contribution in [3.05, 3.63) is 41.8 Å². The van der Waals surface area contributed by atoms with Crippen molar-refractivity contribution < 1.29 is 14.1 Å². The number of aryl methyl sites for hydroxylation is 1. The van der Waals surface area contributed by atoms with Crippen molar-refractivity contribution >= 4 is 5.91 Å². The van der Waals surface area contributed by atoms with Gasteiger partial charge in [-0.3, -0.25) is 9.78 Å². The summed E-state index contributed by atoms with van der Waals surface area (Å²) in [5.41, 5.74) is 0.667. The van der Waals surface area contributed by atoms with E-state index in [0.717, 1.165) is 19.4 Å². The molecule has 0 N–H and O–H groups in total. The van der Waals surface area contributed by atoms with E-state index in [2.05, 4.69) is 15.1 Å². The maximum atomic E-state index is 12.5. The number of carbonyl (C=O) groups excluding carboxylic acids is 1. The number of rotatable bonds is 2. The highest BCUT2D eigenvalue weighted by Crippen LogP contribution is 2.40. The number of carbonyl (C=O) groups is 1. The fraction of sp³-hybridized carbons (Fsp3) is 0.500. The highest BCUT2D eigenvalue weighted by atomic mass is 16.5. The molecular weight excluding hydrogens is 296 g/mol. The highest BCUT2D eigenvalue weighted by Gasteiger charge is 2.42. The minimum absolute atomic E-state index is 0.0338. The molecule has 120 valence electrons. The first-order chi connectivity index (χ1) is 11.2. The van der Waals surface area contributed by atoms with Crippen LogP contribution in [0.2, 0.25) is 0 Å². The highest BCUT2D eigenvalue weighted by molar-refractivity contribution is 5.94. The van der Waals surface area contributed by atoms with Crippen LogP contribution in [0.15, 0.2) is 29.0 Å². The monoisotopic (exact) mass is 314 g/mol. The van der Waals surface area contributed by atoms with Crippen LogP contribution in [0, 0.1) is 12.8 Å². The molecule has 0 unspecified atom stereocenters. The zero-order valence-corrected chi connectivity index (χ0v) is 12.9. The predicted molar refractivity (Wildman–Crippen MR) is 79.5 cm³/mol. The molecule has 4 rings (SSSR count). The summed E-state index contributed by atoms with van der Waals surface area (Å²) in [5, 5.41) is 3.82. The van der Waals surface area contributed by atoms with E-state index in [4.69, 9.17) is 9.26 Å². The summed E-state index contributed by atoms with van der Waals surface area (Å²) in [5.74, 6) is 1.64. The molecule has 0 aliphatic carbocycles. The minimum atomic E-state index is -0.151. The van der Waals surface area contributed by atoms with Gasteiger partial charge in [-0.2, -0.15) is 4.98 Å². The third kappa shape index (κ3) is 2.72. The quantitative estimate of drug-likeness (QED) is 0.840. The minimum Gasteiger partial charge on any atom is -0.363 e. The Balaban J connectivity index is 1.44. The summed E-state index contributed by atoms with van der Waals surface area (Å²) in [4.78, 5) is 22.6. The topological polar surface area (TPSA) is 81.4 Å². The molecule has 0 aromatic carbocycles. The third-order valence-corrected chi connectivity index (χ3v) is 4.59. The Morgan fingerprint density at radius 1 is 1.35 bits per heavy atom. The number of pyridine rings is 1. The lowest BCUT2D eigenvalue weighted by molar-refractivity contribution is -0.0137. The van der Waals surface area contributed by atoms with Crippen LogP contribution >= 0.6 is 0 Å². The van der Waals surface area contributed by atoms with Gasteiger partial charge in [0.2, 0.25) is 0 Å². The van der Waals surface area contributed by atoms with Crippen molar-refractivity contribution in [2.45, 2.75) is 32.0 Å². The van der Waals surface area contributed by atoms with Crippen LogP contribution in [0.25, 0.3) is 0 Å². The fourth-order valence-corrected chi connectivity index (χ4v) is 3.39. The van der Waals surface area contributed by atoms with Gasteiger partial charge < -0.3 is 14.2 Å². The van der Waals surface area contributed by atoms with E-state index in [9.17, 15) is 4.79 Å². The molecule has 0 spiro atoms. The summed E-state index contributed by atoms with van der Waals surface area (Å²) in [6.45, 7) is 3.15. The number of likely N-dealkylation sites (tertiary alicyclic amines) is 1. The molecule has 3 atom stereocenters. The number of piperidine rings is 1. The van der Waals surface area contributed by atoms with Crippen LogP contribution < -0.4 is 0 Å². The molecule has 0 saturated carbocycles. The Morgan fingerprint density at radius 3 is 2.91 bits per heavy atom. The first-order valence-electron chi connectivity index (χ1n) is 7.85. The summed E-state index contributed by atoms with van der Waals surface area (Å²) in [7, 11) is 0. The molecule has 2 aromatic heterocycles. The summed E-state index contributed by atoms with van der Waals surface area (Å²) >= 11 is 0. The molecule has 4 heterocycles. The molecule has 2 aliphatic rings. The Kier molecular flexibility index (Phi) is 3.57. The SMILES string of the molecule is Cc1noc([C@H]2C[C@@H]3CCN(C(=O)c4ccncc4)C[C@H]3O2)n1. The van der Waals surface area contributed by atoms with Crippen LogP contribution in [0.1, 0.15) is 41.0 Å². The molecule has 1 amide bonds. The lowest BCUT2D eigenvalue weighted by atomic mass is 9.91. The Morgan fingerprint density at radius 2 is 2.17 bits per heavy atom. The molecule has 0 radical (unpaired) electrons. The van der Waals surface area contributed by atoms with Crippen molar-refractivity contribution in [2.24, 2.45) is 5.92 Å². The normalized spacial score (nSPS) is 27.0. The van der Waals surface area contributed by atoms with E-state index >= 15 is 0 Å².